The molecule has 35 heavy (non-hydrogen) atoms. The third-order valence-electron chi connectivity index (χ3n) is 6.28. The third kappa shape index (κ3) is 4.01. The molecule has 0 saturated heterocycles. The maximum atomic E-state index is 13.5. The van der Waals surface area contributed by atoms with E-state index in [1.54, 1.807) is 31.2 Å². The van der Waals surface area contributed by atoms with Crippen molar-refractivity contribution < 1.29 is 19.1 Å². The van der Waals surface area contributed by atoms with Gasteiger partial charge in [-0.2, -0.15) is 0 Å². The lowest BCUT2D eigenvalue weighted by atomic mass is 9.80. The zero-order valence-corrected chi connectivity index (χ0v) is 20.5. The van der Waals surface area contributed by atoms with Gasteiger partial charge in [0.1, 0.15) is 12.4 Å². The van der Waals surface area contributed by atoms with Crippen LogP contribution in [0.3, 0.4) is 0 Å². The topological polar surface area (TPSA) is 64.6 Å². The zero-order valence-electron chi connectivity index (χ0n) is 19.0. The van der Waals surface area contributed by atoms with Crippen molar-refractivity contribution in [1.29, 1.82) is 0 Å². The highest BCUT2D eigenvalue weighted by Gasteiger charge is 2.42. The van der Waals surface area contributed by atoms with E-state index in [4.69, 9.17) is 32.7 Å². The monoisotopic (exact) mass is 505 g/mol. The Bertz CT molecular complexity index is 1440. The van der Waals surface area contributed by atoms with Crippen molar-refractivity contribution in [2.45, 2.75) is 19.4 Å². The summed E-state index contributed by atoms with van der Waals surface area (Å²) >= 11 is 12.8. The first-order valence-corrected chi connectivity index (χ1v) is 11.8. The van der Waals surface area contributed by atoms with Crippen molar-refractivity contribution in [3.8, 4) is 5.75 Å². The number of esters is 1. The first-order chi connectivity index (χ1) is 16.9. The first kappa shape index (κ1) is 23.2. The van der Waals surface area contributed by atoms with Gasteiger partial charge in [-0.15, -0.1) is 0 Å². The van der Waals surface area contributed by atoms with Crippen LogP contribution in [0.15, 0.2) is 83.6 Å². The summed E-state index contributed by atoms with van der Waals surface area (Å²) in [4.78, 5) is 26.3. The number of fused-ring (bicyclic) bond motifs is 2. The van der Waals surface area contributed by atoms with E-state index in [0.717, 1.165) is 11.1 Å². The van der Waals surface area contributed by atoms with Crippen molar-refractivity contribution in [3.05, 3.63) is 116 Å². The van der Waals surface area contributed by atoms with E-state index < -0.39 is 11.9 Å². The number of dihydropyridines is 1. The summed E-state index contributed by atoms with van der Waals surface area (Å²) in [7, 11) is 1.33. The summed E-state index contributed by atoms with van der Waals surface area (Å²) in [5.41, 5.74) is 5.13. The number of hydrogen-bond acceptors (Lipinski definition) is 5. The summed E-state index contributed by atoms with van der Waals surface area (Å²) in [6.07, 6.45) is 0. The molecule has 5 rings (SSSR count). The minimum atomic E-state index is -0.645. The van der Waals surface area contributed by atoms with Gasteiger partial charge in [0.05, 0.1) is 23.4 Å². The molecule has 0 aromatic heterocycles. The lowest BCUT2D eigenvalue weighted by Gasteiger charge is -2.29. The van der Waals surface area contributed by atoms with Crippen LogP contribution in [-0.2, 0) is 16.1 Å². The quantitative estimate of drug-likeness (QED) is 0.411. The average Bonchev–Trinajstić information content (AvgIpc) is 3.14. The first-order valence-electron chi connectivity index (χ1n) is 11.0. The van der Waals surface area contributed by atoms with Gasteiger partial charge in [0.2, 0.25) is 0 Å². The van der Waals surface area contributed by atoms with Gasteiger partial charge in [-0.3, -0.25) is 4.79 Å². The minimum absolute atomic E-state index is 0.128. The van der Waals surface area contributed by atoms with Gasteiger partial charge in [-0.25, -0.2) is 4.79 Å². The van der Waals surface area contributed by atoms with Gasteiger partial charge in [0, 0.05) is 38.9 Å². The SMILES string of the molecule is COC(=O)C1=C(C)NC2=C(C(=O)c3ccccc32)[C@@H]1c1ccc(OCc2ccccc2Cl)c(Cl)c1. The van der Waals surface area contributed by atoms with Crippen LogP contribution in [0.2, 0.25) is 10.0 Å². The molecule has 0 spiro atoms. The van der Waals surface area contributed by atoms with Gasteiger partial charge >= 0.3 is 5.97 Å². The number of hydrogen-bond donors (Lipinski definition) is 1. The molecule has 0 fully saturated rings. The Hall–Kier alpha value is -3.54. The van der Waals surface area contributed by atoms with Crippen molar-refractivity contribution in [3.63, 3.8) is 0 Å². The minimum Gasteiger partial charge on any atom is -0.487 e. The predicted octanol–water partition coefficient (Wildman–Crippen LogP) is 6.31. The molecule has 1 aliphatic heterocycles. The van der Waals surface area contributed by atoms with Gasteiger partial charge in [0.15, 0.2) is 5.78 Å². The predicted molar refractivity (Wildman–Crippen MR) is 136 cm³/mol. The van der Waals surface area contributed by atoms with Crippen LogP contribution in [-0.4, -0.2) is 18.9 Å². The number of benzene rings is 3. The van der Waals surface area contributed by atoms with Crippen molar-refractivity contribution in [2.24, 2.45) is 0 Å². The molecule has 3 aromatic rings. The molecule has 1 heterocycles. The molecule has 176 valence electrons. The Labute approximate surface area is 213 Å². The van der Waals surface area contributed by atoms with Crippen LogP contribution in [0.4, 0.5) is 0 Å². The number of ether oxygens (including phenoxy) is 2. The van der Waals surface area contributed by atoms with Crippen LogP contribution >= 0.6 is 23.2 Å². The summed E-state index contributed by atoms with van der Waals surface area (Å²) in [6, 6.07) is 20.1. The Morgan fingerprint density at radius 2 is 1.69 bits per heavy atom. The smallest absolute Gasteiger partial charge is 0.336 e. The van der Waals surface area contributed by atoms with Crippen molar-refractivity contribution in [1.82, 2.24) is 5.32 Å². The Morgan fingerprint density at radius 3 is 2.40 bits per heavy atom. The average molecular weight is 506 g/mol. The molecular weight excluding hydrogens is 485 g/mol. The third-order valence-corrected chi connectivity index (χ3v) is 6.95. The van der Waals surface area contributed by atoms with E-state index in [-0.39, 0.29) is 12.4 Å². The number of allylic oxidation sites excluding steroid dienone is 2. The van der Waals surface area contributed by atoms with E-state index in [9.17, 15) is 9.59 Å². The van der Waals surface area contributed by atoms with Crippen molar-refractivity contribution >= 4 is 40.7 Å². The Morgan fingerprint density at radius 1 is 0.971 bits per heavy atom. The van der Waals surface area contributed by atoms with Gasteiger partial charge in [-0.05, 0) is 30.7 Å². The largest absolute Gasteiger partial charge is 0.487 e. The Balaban J connectivity index is 1.55. The molecule has 1 atom stereocenters. The highest BCUT2D eigenvalue weighted by Crippen LogP contribution is 2.47. The van der Waals surface area contributed by atoms with Gasteiger partial charge < -0.3 is 14.8 Å². The number of carbonyl (C=O) groups is 2. The van der Waals surface area contributed by atoms with E-state index in [0.29, 0.717) is 49.5 Å². The lowest BCUT2D eigenvalue weighted by molar-refractivity contribution is -0.136. The molecule has 3 aromatic carbocycles. The molecule has 1 N–H and O–H groups in total. The fourth-order valence-corrected chi connectivity index (χ4v) is 5.06. The second kappa shape index (κ2) is 9.25. The van der Waals surface area contributed by atoms with E-state index >= 15 is 0 Å². The normalized spacial score (nSPS) is 16.6. The maximum Gasteiger partial charge on any atom is 0.336 e. The van der Waals surface area contributed by atoms with Crippen LogP contribution in [0.1, 0.15) is 39.9 Å². The van der Waals surface area contributed by atoms with Gasteiger partial charge in [0.25, 0.3) is 0 Å². The van der Waals surface area contributed by atoms with E-state index in [1.165, 1.54) is 7.11 Å². The van der Waals surface area contributed by atoms with Gasteiger partial charge in [-0.1, -0.05) is 71.7 Å². The fraction of sp³-hybridized carbons (Fsp3) is 0.143. The number of nitrogens with one attached hydrogen (secondary N) is 1. The number of halogens is 2. The molecule has 5 nitrogen and oxygen atoms in total. The van der Waals surface area contributed by atoms with E-state index in [2.05, 4.69) is 5.32 Å². The molecule has 0 bridgehead atoms. The number of methoxy groups -OCH3 is 1. The lowest BCUT2D eigenvalue weighted by Crippen LogP contribution is -2.29. The molecule has 0 amide bonds. The fourth-order valence-electron chi connectivity index (χ4n) is 4.63. The summed E-state index contributed by atoms with van der Waals surface area (Å²) in [6.45, 7) is 2.05. The maximum absolute atomic E-state index is 13.5. The molecular formula is C28H21Cl2NO4. The van der Waals surface area contributed by atoms with Crippen molar-refractivity contribution in [2.75, 3.05) is 7.11 Å². The summed E-state index contributed by atoms with van der Waals surface area (Å²) in [5.74, 6) is -0.809. The van der Waals surface area contributed by atoms with Crippen LogP contribution < -0.4 is 10.1 Å². The molecule has 2 aliphatic rings. The number of rotatable bonds is 5. The highest BCUT2D eigenvalue weighted by atomic mass is 35.5. The zero-order chi connectivity index (χ0) is 24.7. The second-order valence-corrected chi connectivity index (χ2v) is 9.14. The molecule has 0 unspecified atom stereocenters. The van der Waals surface area contributed by atoms with Crippen LogP contribution in [0.25, 0.3) is 5.70 Å². The Kier molecular flexibility index (Phi) is 6.13. The highest BCUT2D eigenvalue weighted by molar-refractivity contribution is 6.32. The van der Waals surface area contributed by atoms with Crippen LogP contribution in [0, 0.1) is 0 Å². The number of carbonyl (C=O) groups excluding carboxylic acids is 2. The van der Waals surface area contributed by atoms with Crippen LogP contribution in [0.5, 0.6) is 5.75 Å². The van der Waals surface area contributed by atoms with E-state index in [1.807, 2.05) is 42.5 Å². The second-order valence-electron chi connectivity index (χ2n) is 8.32. The molecule has 1 aliphatic carbocycles. The standard InChI is InChI=1S/C28H21Cl2NO4/c1-15-23(28(33)34-2)24(25-26(31-15)18-8-4-5-9-19(18)27(25)32)16-11-12-22(21(30)13-16)35-14-17-7-3-6-10-20(17)29/h3-13,24,31H,14H2,1-2H3/t24-/m1/s1. The molecule has 0 radical (unpaired) electrons. The summed E-state index contributed by atoms with van der Waals surface area (Å²) in [5, 5.41) is 4.24. The number of ketones is 1. The molecule has 0 saturated carbocycles. The summed E-state index contributed by atoms with van der Waals surface area (Å²) < 4.78 is 11.0. The number of Topliss-reactive ketones (excluding diaryl/α,β-unsaturated/α-hetero) is 1. The molecule has 7 heteroatoms.